The van der Waals surface area contributed by atoms with E-state index in [1.54, 1.807) is 0 Å². The topological polar surface area (TPSA) is 37.0 Å². The smallest absolute Gasteiger partial charge is 0.119 e. The molecule has 5 nitrogen and oxygen atoms in total. The van der Waals surface area contributed by atoms with Crippen molar-refractivity contribution in [2.45, 2.75) is 26.3 Å². The van der Waals surface area contributed by atoms with Crippen molar-refractivity contribution in [1.29, 1.82) is 0 Å². The van der Waals surface area contributed by atoms with Gasteiger partial charge in [0.1, 0.15) is 24.7 Å². The van der Waals surface area contributed by atoms with Gasteiger partial charge in [-0.05, 0) is 74.6 Å². The van der Waals surface area contributed by atoms with Crippen LogP contribution in [0.25, 0.3) is 0 Å². The number of benzene rings is 2. The van der Waals surface area contributed by atoms with Crippen LogP contribution in [0.5, 0.6) is 11.5 Å². The second-order valence-electron chi connectivity index (χ2n) is 8.09. The molecule has 1 unspecified atom stereocenters. The lowest BCUT2D eigenvalue weighted by Crippen LogP contribution is -2.30. The Labute approximate surface area is 182 Å². The van der Waals surface area contributed by atoms with E-state index in [0.29, 0.717) is 6.61 Å². The summed E-state index contributed by atoms with van der Waals surface area (Å²) in [6.45, 7) is 10.8. The molecule has 30 heavy (non-hydrogen) atoms. The normalized spacial score (nSPS) is 16.0. The van der Waals surface area contributed by atoms with Crippen molar-refractivity contribution >= 4 is 0 Å². The Kier molecular flexibility index (Phi) is 8.55. The standard InChI is InChI=1S/C25H37N3O2/c1-5-28(6-2)16-18-30-23-11-12-24-21(19-23)13-14-26-25(24)20-7-9-22(10-8-20)29-17-15-27(3)4/h7-12,19,25-26H,5-6,13-18H2,1-4H3. The van der Waals surface area contributed by atoms with Gasteiger partial charge in [-0.2, -0.15) is 0 Å². The van der Waals surface area contributed by atoms with Crippen LogP contribution in [0.15, 0.2) is 42.5 Å². The highest BCUT2D eigenvalue weighted by Crippen LogP contribution is 2.32. The van der Waals surface area contributed by atoms with Crippen molar-refractivity contribution in [3.05, 3.63) is 59.2 Å². The molecular formula is C25H37N3O2. The molecule has 1 aliphatic rings. The Bertz CT molecular complexity index is 772. The van der Waals surface area contributed by atoms with Crippen molar-refractivity contribution in [3.8, 4) is 11.5 Å². The molecule has 0 fully saturated rings. The molecule has 0 amide bonds. The SMILES string of the molecule is CCN(CC)CCOc1ccc2c(c1)CCNC2c1ccc(OCCN(C)C)cc1. The maximum atomic E-state index is 6.04. The largest absolute Gasteiger partial charge is 0.492 e. The predicted octanol–water partition coefficient (Wildman–Crippen LogP) is 3.58. The van der Waals surface area contributed by atoms with Gasteiger partial charge < -0.3 is 24.6 Å². The van der Waals surface area contributed by atoms with E-state index < -0.39 is 0 Å². The van der Waals surface area contributed by atoms with Crippen LogP contribution in [0, 0.1) is 0 Å². The fraction of sp³-hybridized carbons (Fsp3) is 0.520. The fourth-order valence-corrected chi connectivity index (χ4v) is 3.86. The van der Waals surface area contributed by atoms with Crippen molar-refractivity contribution < 1.29 is 9.47 Å². The second kappa shape index (κ2) is 11.3. The minimum atomic E-state index is 0.217. The molecule has 0 saturated heterocycles. The van der Waals surface area contributed by atoms with Crippen LogP contribution in [0.2, 0.25) is 0 Å². The first-order chi connectivity index (χ1) is 14.6. The average Bonchev–Trinajstić information content (AvgIpc) is 2.76. The van der Waals surface area contributed by atoms with E-state index in [2.05, 4.69) is 85.5 Å². The van der Waals surface area contributed by atoms with Crippen LogP contribution in [0.3, 0.4) is 0 Å². The minimum Gasteiger partial charge on any atom is -0.492 e. The fourth-order valence-electron chi connectivity index (χ4n) is 3.86. The highest BCUT2D eigenvalue weighted by molar-refractivity contribution is 5.44. The van der Waals surface area contributed by atoms with Crippen LogP contribution >= 0.6 is 0 Å². The highest BCUT2D eigenvalue weighted by Gasteiger charge is 2.21. The molecule has 0 radical (unpaired) electrons. The molecule has 0 bridgehead atoms. The summed E-state index contributed by atoms with van der Waals surface area (Å²) in [6.07, 6.45) is 1.03. The lowest BCUT2D eigenvalue weighted by atomic mass is 9.90. The Hall–Kier alpha value is -2.08. The maximum absolute atomic E-state index is 6.04. The molecule has 164 valence electrons. The van der Waals surface area contributed by atoms with Crippen LogP contribution < -0.4 is 14.8 Å². The van der Waals surface area contributed by atoms with E-state index in [-0.39, 0.29) is 6.04 Å². The maximum Gasteiger partial charge on any atom is 0.119 e. The van der Waals surface area contributed by atoms with Crippen molar-refractivity contribution in [1.82, 2.24) is 15.1 Å². The summed E-state index contributed by atoms with van der Waals surface area (Å²) in [6, 6.07) is 15.3. The van der Waals surface area contributed by atoms with Crippen molar-refractivity contribution in [3.63, 3.8) is 0 Å². The Morgan fingerprint density at radius 1 is 0.900 bits per heavy atom. The molecule has 1 atom stereocenters. The first-order valence-corrected chi connectivity index (χ1v) is 11.2. The number of hydrogen-bond acceptors (Lipinski definition) is 5. The number of ether oxygens (including phenoxy) is 2. The quantitative estimate of drug-likeness (QED) is 0.612. The Balaban J connectivity index is 1.62. The molecule has 2 aromatic rings. The zero-order valence-corrected chi connectivity index (χ0v) is 19.0. The third-order valence-corrected chi connectivity index (χ3v) is 5.76. The molecule has 1 heterocycles. The van der Waals surface area contributed by atoms with Crippen molar-refractivity contribution in [2.75, 3.05) is 60.0 Å². The van der Waals surface area contributed by atoms with Gasteiger partial charge in [0.05, 0.1) is 6.04 Å². The monoisotopic (exact) mass is 411 g/mol. The van der Waals surface area contributed by atoms with E-state index in [4.69, 9.17) is 9.47 Å². The van der Waals surface area contributed by atoms with Gasteiger partial charge in [-0.3, -0.25) is 0 Å². The Morgan fingerprint density at radius 2 is 1.57 bits per heavy atom. The third kappa shape index (κ3) is 6.21. The molecule has 0 spiro atoms. The lowest BCUT2D eigenvalue weighted by Gasteiger charge is -2.28. The molecule has 3 rings (SSSR count). The minimum absolute atomic E-state index is 0.217. The van der Waals surface area contributed by atoms with Gasteiger partial charge >= 0.3 is 0 Å². The van der Waals surface area contributed by atoms with E-state index in [9.17, 15) is 0 Å². The summed E-state index contributed by atoms with van der Waals surface area (Å²) in [5.74, 6) is 1.90. The number of likely N-dealkylation sites (N-methyl/N-ethyl adjacent to an activating group) is 2. The van der Waals surface area contributed by atoms with Gasteiger partial charge in [0, 0.05) is 19.6 Å². The van der Waals surface area contributed by atoms with E-state index in [1.165, 1.54) is 16.7 Å². The van der Waals surface area contributed by atoms with Gasteiger partial charge in [0.25, 0.3) is 0 Å². The number of nitrogens with zero attached hydrogens (tertiary/aromatic N) is 2. The van der Waals surface area contributed by atoms with Gasteiger partial charge in [0.15, 0.2) is 0 Å². The number of fused-ring (bicyclic) bond motifs is 1. The number of rotatable bonds is 11. The first kappa shape index (κ1) is 22.6. The molecule has 5 heteroatoms. The van der Waals surface area contributed by atoms with Gasteiger partial charge in [0.2, 0.25) is 0 Å². The molecule has 0 saturated carbocycles. The molecule has 0 aromatic heterocycles. The van der Waals surface area contributed by atoms with Crippen LogP contribution in [0.4, 0.5) is 0 Å². The third-order valence-electron chi connectivity index (χ3n) is 5.76. The summed E-state index contributed by atoms with van der Waals surface area (Å²) < 4.78 is 11.9. The second-order valence-corrected chi connectivity index (χ2v) is 8.09. The summed E-state index contributed by atoms with van der Waals surface area (Å²) in [5, 5.41) is 3.67. The van der Waals surface area contributed by atoms with Crippen LogP contribution in [-0.4, -0.2) is 69.8 Å². The summed E-state index contributed by atoms with van der Waals surface area (Å²) >= 11 is 0. The molecule has 0 aliphatic carbocycles. The summed E-state index contributed by atoms with van der Waals surface area (Å²) in [7, 11) is 4.11. The zero-order valence-electron chi connectivity index (χ0n) is 19.0. The van der Waals surface area contributed by atoms with E-state index in [0.717, 1.165) is 57.3 Å². The average molecular weight is 412 g/mol. The van der Waals surface area contributed by atoms with Crippen LogP contribution in [0.1, 0.15) is 36.6 Å². The van der Waals surface area contributed by atoms with E-state index >= 15 is 0 Å². The van der Waals surface area contributed by atoms with Crippen LogP contribution in [-0.2, 0) is 6.42 Å². The first-order valence-electron chi connectivity index (χ1n) is 11.2. The summed E-state index contributed by atoms with van der Waals surface area (Å²) in [4.78, 5) is 4.51. The summed E-state index contributed by atoms with van der Waals surface area (Å²) in [5.41, 5.74) is 4.00. The molecular weight excluding hydrogens is 374 g/mol. The van der Waals surface area contributed by atoms with Gasteiger partial charge in [-0.1, -0.05) is 32.0 Å². The van der Waals surface area contributed by atoms with E-state index in [1.807, 2.05) is 0 Å². The molecule has 2 aromatic carbocycles. The zero-order chi connectivity index (χ0) is 21.3. The lowest BCUT2D eigenvalue weighted by molar-refractivity contribution is 0.222. The van der Waals surface area contributed by atoms with Gasteiger partial charge in [-0.15, -0.1) is 0 Å². The van der Waals surface area contributed by atoms with Crippen molar-refractivity contribution in [2.24, 2.45) is 0 Å². The molecule has 1 aliphatic heterocycles. The van der Waals surface area contributed by atoms with Gasteiger partial charge in [-0.25, -0.2) is 0 Å². The molecule has 1 N–H and O–H groups in total. The number of hydrogen-bond donors (Lipinski definition) is 1. The number of nitrogens with one attached hydrogen (secondary N) is 1. The predicted molar refractivity (Wildman–Crippen MR) is 124 cm³/mol. The highest BCUT2D eigenvalue weighted by atomic mass is 16.5. The Morgan fingerprint density at radius 3 is 2.27 bits per heavy atom.